The number of rotatable bonds is 9. The fraction of sp³-hybridized carbons (Fsp3) is 0.308. The molecular formula is C26H27ClF2N2O4S. The van der Waals surface area contributed by atoms with Gasteiger partial charge in [0.05, 0.1) is 19.8 Å². The number of hydrogen-bond donors (Lipinski definition) is 0. The van der Waals surface area contributed by atoms with E-state index in [1.807, 2.05) is 36.4 Å². The minimum absolute atomic E-state index is 0.183. The van der Waals surface area contributed by atoms with Gasteiger partial charge in [-0.2, -0.15) is 4.31 Å². The van der Waals surface area contributed by atoms with Crippen LogP contribution in [0.5, 0.6) is 5.75 Å². The standard InChI is InChI=1S/C26H27ClF2N2O4S/c1-34-23-4-2-3-19(15-23)18-35-25(20-5-7-21(27)8-6-20)17-30-11-13-31(14-12-30)36(32,33)26-10-9-22(28)16-24(26)29/h2-10,15-16,25H,11-14,17-18H2,1H3. The first-order valence-corrected chi connectivity index (χ1v) is 13.3. The van der Waals surface area contributed by atoms with Crippen molar-refractivity contribution in [1.82, 2.24) is 9.21 Å². The van der Waals surface area contributed by atoms with Gasteiger partial charge in [-0.3, -0.25) is 4.90 Å². The molecule has 0 bridgehead atoms. The van der Waals surface area contributed by atoms with Crippen LogP contribution < -0.4 is 4.74 Å². The van der Waals surface area contributed by atoms with Crippen LogP contribution in [0.15, 0.2) is 71.6 Å². The molecule has 10 heteroatoms. The molecule has 4 rings (SSSR count). The minimum atomic E-state index is -4.06. The third kappa shape index (κ3) is 6.41. The van der Waals surface area contributed by atoms with Gasteiger partial charge < -0.3 is 9.47 Å². The molecule has 1 aliphatic heterocycles. The number of sulfonamides is 1. The summed E-state index contributed by atoms with van der Waals surface area (Å²) in [6.45, 7) is 2.14. The molecule has 0 aliphatic carbocycles. The van der Waals surface area contributed by atoms with Crippen LogP contribution in [-0.2, 0) is 21.4 Å². The summed E-state index contributed by atoms with van der Waals surface area (Å²) in [5.41, 5.74) is 1.91. The Kier molecular flexibility index (Phi) is 8.58. The Morgan fingerprint density at radius 2 is 1.69 bits per heavy atom. The van der Waals surface area contributed by atoms with Crippen LogP contribution >= 0.6 is 11.6 Å². The quantitative estimate of drug-likeness (QED) is 0.390. The summed E-state index contributed by atoms with van der Waals surface area (Å²) in [5, 5.41) is 0.622. The van der Waals surface area contributed by atoms with Gasteiger partial charge in [0.1, 0.15) is 22.3 Å². The molecule has 36 heavy (non-hydrogen) atoms. The summed E-state index contributed by atoms with van der Waals surface area (Å²) < 4.78 is 66.0. The van der Waals surface area contributed by atoms with Gasteiger partial charge in [-0.15, -0.1) is 0 Å². The van der Waals surface area contributed by atoms with Crippen LogP contribution in [-0.4, -0.2) is 57.5 Å². The second kappa shape index (κ2) is 11.7. The van der Waals surface area contributed by atoms with Crippen molar-refractivity contribution in [2.24, 2.45) is 0 Å². The second-order valence-electron chi connectivity index (χ2n) is 8.48. The van der Waals surface area contributed by atoms with Crippen molar-refractivity contribution in [1.29, 1.82) is 0 Å². The highest BCUT2D eigenvalue weighted by atomic mass is 35.5. The van der Waals surface area contributed by atoms with Gasteiger partial charge in [0.2, 0.25) is 10.0 Å². The molecule has 0 spiro atoms. The van der Waals surface area contributed by atoms with E-state index < -0.39 is 26.6 Å². The normalized spacial score (nSPS) is 16.1. The van der Waals surface area contributed by atoms with E-state index >= 15 is 0 Å². The minimum Gasteiger partial charge on any atom is -0.497 e. The lowest BCUT2D eigenvalue weighted by Crippen LogP contribution is -2.49. The van der Waals surface area contributed by atoms with Crippen molar-refractivity contribution in [2.75, 3.05) is 39.8 Å². The Labute approximate surface area is 215 Å². The molecule has 0 aromatic heterocycles. The van der Waals surface area contributed by atoms with E-state index in [0.717, 1.165) is 29.0 Å². The number of methoxy groups -OCH3 is 1. The van der Waals surface area contributed by atoms with Gasteiger partial charge in [0, 0.05) is 43.8 Å². The maximum Gasteiger partial charge on any atom is 0.246 e. The molecular weight excluding hydrogens is 510 g/mol. The Morgan fingerprint density at radius 3 is 2.36 bits per heavy atom. The molecule has 1 unspecified atom stereocenters. The topological polar surface area (TPSA) is 59.1 Å². The summed E-state index contributed by atoms with van der Waals surface area (Å²) in [5.74, 6) is -1.17. The smallest absolute Gasteiger partial charge is 0.246 e. The molecule has 1 atom stereocenters. The maximum absolute atomic E-state index is 14.1. The third-order valence-electron chi connectivity index (χ3n) is 6.09. The zero-order valence-corrected chi connectivity index (χ0v) is 21.3. The summed E-state index contributed by atoms with van der Waals surface area (Å²) in [6.07, 6.45) is -0.286. The van der Waals surface area contributed by atoms with E-state index in [1.165, 1.54) is 4.31 Å². The molecule has 192 valence electrons. The largest absolute Gasteiger partial charge is 0.497 e. The Hall–Kier alpha value is -2.56. The summed E-state index contributed by atoms with van der Waals surface area (Å²) >= 11 is 6.07. The van der Waals surface area contributed by atoms with Crippen molar-refractivity contribution >= 4 is 21.6 Å². The van der Waals surface area contributed by atoms with Crippen LogP contribution in [0.2, 0.25) is 5.02 Å². The number of halogens is 3. The Morgan fingerprint density at radius 1 is 0.972 bits per heavy atom. The number of benzene rings is 3. The fourth-order valence-electron chi connectivity index (χ4n) is 4.10. The molecule has 6 nitrogen and oxygen atoms in total. The molecule has 0 radical (unpaired) electrons. The van der Waals surface area contributed by atoms with Gasteiger partial charge in [0.25, 0.3) is 0 Å². The summed E-state index contributed by atoms with van der Waals surface area (Å²) in [4.78, 5) is 1.59. The van der Waals surface area contributed by atoms with Gasteiger partial charge in [-0.1, -0.05) is 35.9 Å². The number of nitrogens with zero attached hydrogens (tertiary/aromatic N) is 2. The lowest BCUT2D eigenvalue weighted by molar-refractivity contribution is 0.00766. The third-order valence-corrected chi connectivity index (χ3v) is 8.28. The lowest BCUT2D eigenvalue weighted by atomic mass is 10.1. The summed E-state index contributed by atoms with van der Waals surface area (Å²) in [7, 11) is -2.45. The van der Waals surface area contributed by atoms with Crippen LogP contribution in [0.4, 0.5) is 8.78 Å². The molecule has 3 aromatic carbocycles. The van der Waals surface area contributed by atoms with E-state index in [1.54, 1.807) is 19.2 Å². The van der Waals surface area contributed by atoms with E-state index in [0.29, 0.717) is 37.3 Å². The number of ether oxygens (including phenoxy) is 2. The van der Waals surface area contributed by atoms with Crippen molar-refractivity contribution in [3.8, 4) is 5.75 Å². The van der Waals surface area contributed by atoms with Gasteiger partial charge in [-0.25, -0.2) is 17.2 Å². The van der Waals surface area contributed by atoms with E-state index in [9.17, 15) is 17.2 Å². The SMILES string of the molecule is COc1cccc(COC(CN2CCN(S(=O)(=O)c3ccc(F)cc3F)CC2)c2ccc(Cl)cc2)c1. The van der Waals surface area contributed by atoms with Crippen molar-refractivity contribution < 1.29 is 26.7 Å². The predicted molar refractivity (Wildman–Crippen MR) is 134 cm³/mol. The van der Waals surface area contributed by atoms with E-state index in [4.69, 9.17) is 21.1 Å². The average Bonchev–Trinajstić information content (AvgIpc) is 2.87. The highest BCUT2D eigenvalue weighted by molar-refractivity contribution is 7.89. The maximum atomic E-state index is 14.1. The highest BCUT2D eigenvalue weighted by Gasteiger charge is 2.31. The second-order valence-corrected chi connectivity index (χ2v) is 10.8. The zero-order chi connectivity index (χ0) is 25.7. The summed E-state index contributed by atoms with van der Waals surface area (Å²) in [6, 6.07) is 17.6. The van der Waals surface area contributed by atoms with Crippen LogP contribution in [0.1, 0.15) is 17.2 Å². The lowest BCUT2D eigenvalue weighted by Gasteiger charge is -2.36. The van der Waals surface area contributed by atoms with E-state index in [2.05, 4.69) is 4.90 Å². The molecule has 1 saturated heterocycles. The first-order valence-electron chi connectivity index (χ1n) is 11.4. The van der Waals surface area contributed by atoms with Gasteiger partial charge in [-0.05, 0) is 47.5 Å². The monoisotopic (exact) mass is 536 g/mol. The molecule has 3 aromatic rings. The van der Waals surface area contributed by atoms with Crippen LogP contribution in [0, 0.1) is 11.6 Å². The van der Waals surface area contributed by atoms with Crippen molar-refractivity contribution in [3.05, 3.63) is 94.5 Å². The van der Waals surface area contributed by atoms with E-state index in [-0.39, 0.29) is 19.2 Å². The average molecular weight is 537 g/mol. The molecule has 1 aliphatic rings. The number of hydrogen-bond acceptors (Lipinski definition) is 5. The molecule has 1 fully saturated rings. The molecule has 0 saturated carbocycles. The van der Waals surface area contributed by atoms with Gasteiger partial charge in [0.15, 0.2) is 0 Å². The van der Waals surface area contributed by atoms with Crippen LogP contribution in [0.3, 0.4) is 0 Å². The predicted octanol–water partition coefficient (Wildman–Crippen LogP) is 4.89. The van der Waals surface area contributed by atoms with Crippen molar-refractivity contribution in [2.45, 2.75) is 17.6 Å². The molecule has 0 amide bonds. The Bertz CT molecular complexity index is 1280. The van der Waals surface area contributed by atoms with Crippen LogP contribution in [0.25, 0.3) is 0 Å². The highest BCUT2D eigenvalue weighted by Crippen LogP contribution is 2.26. The first kappa shape index (κ1) is 26.5. The molecule has 0 N–H and O–H groups in total. The number of piperazine rings is 1. The zero-order valence-electron chi connectivity index (χ0n) is 19.7. The fourth-order valence-corrected chi connectivity index (χ4v) is 5.69. The van der Waals surface area contributed by atoms with Crippen molar-refractivity contribution in [3.63, 3.8) is 0 Å². The molecule has 1 heterocycles. The first-order chi connectivity index (χ1) is 17.3. The Balaban J connectivity index is 1.43. The van der Waals surface area contributed by atoms with Gasteiger partial charge >= 0.3 is 0 Å².